The van der Waals surface area contributed by atoms with Crippen LogP contribution in [-0.2, 0) is 18.3 Å². The molecular formula is C67H54N2. The molecule has 0 saturated heterocycles. The quantitative estimate of drug-likeness (QED) is 0.133. The van der Waals surface area contributed by atoms with Crippen molar-refractivity contribution in [3.05, 3.63) is 253 Å². The first-order valence-electron chi connectivity index (χ1n) is 24.5. The van der Waals surface area contributed by atoms with Crippen LogP contribution in [-0.4, -0.2) is 4.57 Å². The highest BCUT2D eigenvalue weighted by Crippen LogP contribution is 2.51. The molecule has 0 amide bonds. The van der Waals surface area contributed by atoms with Gasteiger partial charge in [0, 0.05) is 38.9 Å². The smallest absolute Gasteiger partial charge is 0.0544 e. The van der Waals surface area contributed by atoms with Crippen molar-refractivity contribution in [3.63, 3.8) is 0 Å². The summed E-state index contributed by atoms with van der Waals surface area (Å²) in [5, 5.41) is 2.56. The van der Waals surface area contributed by atoms with E-state index < -0.39 is 0 Å². The molecule has 0 fully saturated rings. The number of nitrogens with zero attached hydrogens (tertiary/aromatic N) is 2. The lowest BCUT2D eigenvalue weighted by Gasteiger charge is -2.28. The number of anilines is 3. The van der Waals surface area contributed by atoms with Gasteiger partial charge in [-0.25, -0.2) is 0 Å². The Bertz CT molecular complexity index is 3700. The minimum absolute atomic E-state index is 0.112. The van der Waals surface area contributed by atoms with Crippen LogP contribution in [0.15, 0.2) is 231 Å². The summed E-state index contributed by atoms with van der Waals surface area (Å²) in [4.78, 5) is 2.42. The van der Waals surface area contributed by atoms with Crippen molar-refractivity contribution in [1.29, 1.82) is 0 Å². The molecule has 2 heteroatoms. The number of para-hydroxylation sites is 1. The molecule has 1 aliphatic rings. The van der Waals surface area contributed by atoms with Gasteiger partial charge in [0.1, 0.15) is 0 Å². The van der Waals surface area contributed by atoms with Gasteiger partial charge in [0.2, 0.25) is 0 Å². The van der Waals surface area contributed by atoms with Crippen LogP contribution < -0.4 is 4.90 Å². The third-order valence-corrected chi connectivity index (χ3v) is 14.8. The molecule has 332 valence electrons. The maximum absolute atomic E-state index is 2.45. The molecule has 2 nitrogen and oxygen atoms in total. The SMILES string of the molecule is CCc1ccccc1-c1cc2c3ccccc3n(-c3ccc(-c4cccc(-c5cccc(N(c6ccc(-c7ccccc7)cc6)c6ccc7c(c6)C(C)(C)c6ccccc6-7)c5)c4)cc3)c2cc1CC. The molecule has 1 heterocycles. The van der Waals surface area contributed by atoms with Crippen molar-refractivity contribution >= 4 is 38.9 Å². The third kappa shape index (κ3) is 7.27. The second-order valence-corrected chi connectivity index (χ2v) is 19.1. The molecule has 1 aliphatic carbocycles. The van der Waals surface area contributed by atoms with Crippen molar-refractivity contribution in [2.45, 2.75) is 46.0 Å². The van der Waals surface area contributed by atoms with Gasteiger partial charge in [-0.2, -0.15) is 0 Å². The highest BCUT2D eigenvalue weighted by Gasteiger charge is 2.35. The fourth-order valence-electron chi connectivity index (χ4n) is 11.2. The first-order chi connectivity index (χ1) is 33.9. The van der Waals surface area contributed by atoms with Crippen molar-refractivity contribution in [3.8, 4) is 61.3 Å². The number of aryl methyl sites for hydroxylation is 2. The Balaban J connectivity index is 0.905. The van der Waals surface area contributed by atoms with Crippen LogP contribution in [0, 0.1) is 0 Å². The number of hydrogen-bond donors (Lipinski definition) is 0. The van der Waals surface area contributed by atoms with Crippen LogP contribution in [0.2, 0.25) is 0 Å². The zero-order valence-electron chi connectivity index (χ0n) is 39.7. The van der Waals surface area contributed by atoms with Gasteiger partial charge >= 0.3 is 0 Å². The topological polar surface area (TPSA) is 8.17 Å². The van der Waals surface area contributed by atoms with E-state index in [1.165, 1.54) is 99.7 Å². The Labute approximate surface area is 406 Å². The van der Waals surface area contributed by atoms with Gasteiger partial charge in [0.05, 0.1) is 11.0 Å². The third-order valence-electron chi connectivity index (χ3n) is 14.8. The van der Waals surface area contributed by atoms with Crippen LogP contribution in [0.3, 0.4) is 0 Å². The van der Waals surface area contributed by atoms with Gasteiger partial charge in [-0.15, -0.1) is 0 Å². The van der Waals surface area contributed by atoms with Crippen molar-refractivity contribution in [2.75, 3.05) is 4.90 Å². The minimum Gasteiger partial charge on any atom is -0.310 e. The van der Waals surface area contributed by atoms with E-state index in [1.807, 2.05) is 0 Å². The van der Waals surface area contributed by atoms with Gasteiger partial charge in [-0.3, -0.25) is 0 Å². The zero-order chi connectivity index (χ0) is 46.6. The molecule has 0 aliphatic heterocycles. The summed E-state index contributed by atoms with van der Waals surface area (Å²) in [5.41, 5.74) is 24.9. The molecule has 0 atom stereocenters. The Morgan fingerprint density at radius 2 is 0.913 bits per heavy atom. The van der Waals surface area contributed by atoms with Gasteiger partial charge in [0.25, 0.3) is 0 Å². The van der Waals surface area contributed by atoms with E-state index in [0.717, 1.165) is 35.6 Å². The molecule has 0 radical (unpaired) electrons. The second-order valence-electron chi connectivity index (χ2n) is 19.1. The number of benzene rings is 10. The van der Waals surface area contributed by atoms with E-state index in [1.54, 1.807) is 0 Å². The molecule has 12 rings (SSSR count). The molecule has 0 unspecified atom stereocenters. The zero-order valence-corrected chi connectivity index (χ0v) is 39.7. The summed E-state index contributed by atoms with van der Waals surface area (Å²) < 4.78 is 2.45. The lowest BCUT2D eigenvalue weighted by atomic mass is 9.82. The minimum atomic E-state index is -0.112. The summed E-state index contributed by atoms with van der Waals surface area (Å²) in [6.07, 6.45) is 1.97. The Hall–Kier alpha value is -8.20. The van der Waals surface area contributed by atoms with Gasteiger partial charge in [-0.05, 0) is 164 Å². The van der Waals surface area contributed by atoms with Crippen molar-refractivity contribution in [2.24, 2.45) is 0 Å². The lowest BCUT2D eigenvalue weighted by Crippen LogP contribution is -2.16. The van der Waals surface area contributed by atoms with Crippen LogP contribution in [0.1, 0.15) is 49.9 Å². The molecule has 0 bridgehead atoms. The lowest BCUT2D eigenvalue weighted by molar-refractivity contribution is 0.660. The molecule has 69 heavy (non-hydrogen) atoms. The van der Waals surface area contributed by atoms with Gasteiger partial charge in [0.15, 0.2) is 0 Å². The Kier molecular flexibility index (Phi) is 10.5. The largest absolute Gasteiger partial charge is 0.310 e. The molecule has 1 aromatic heterocycles. The molecule has 0 N–H and O–H groups in total. The van der Waals surface area contributed by atoms with Crippen LogP contribution >= 0.6 is 0 Å². The highest BCUT2D eigenvalue weighted by atomic mass is 15.1. The predicted molar refractivity (Wildman–Crippen MR) is 294 cm³/mol. The number of hydrogen-bond acceptors (Lipinski definition) is 1. The van der Waals surface area contributed by atoms with Crippen molar-refractivity contribution in [1.82, 2.24) is 4.57 Å². The molecule has 11 aromatic rings. The van der Waals surface area contributed by atoms with Gasteiger partial charge < -0.3 is 9.47 Å². The summed E-state index contributed by atoms with van der Waals surface area (Å²) in [7, 11) is 0. The van der Waals surface area contributed by atoms with Crippen molar-refractivity contribution < 1.29 is 0 Å². The fraction of sp³-hybridized carbons (Fsp3) is 0.104. The standard InChI is InChI=1S/C67H54N2/c1-5-45-18-10-11-25-57(45)61-44-62-60-27-13-15-29-65(60)69(66(62)42-46(61)6-2)54-36-32-49(33-37-54)50-21-16-22-51(40-50)52-23-17-24-55(41-52)68(53-34-30-48(31-35-53)47-19-8-7-9-20-47)56-38-39-59-58-26-12-14-28-63(58)67(3,4)64(59)43-56/h7-44H,5-6H2,1-4H3. The van der Waals surface area contributed by atoms with Crippen LogP contribution in [0.5, 0.6) is 0 Å². The highest BCUT2D eigenvalue weighted by molar-refractivity contribution is 6.11. The van der Waals surface area contributed by atoms with E-state index in [9.17, 15) is 0 Å². The van der Waals surface area contributed by atoms with E-state index in [2.05, 4.69) is 268 Å². The van der Waals surface area contributed by atoms with E-state index in [0.29, 0.717) is 0 Å². The van der Waals surface area contributed by atoms with Gasteiger partial charge in [-0.1, -0.05) is 185 Å². The van der Waals surface area contributed by atoms with Crippen LogP contribution in [0.25, 0.3) is 83.1 Å². The maximum atomic E-state index is 2.45. The van der Waals surface area contributed by atoms with E-state index in [4.69, 9.17) is 0 Å². The first-order valence-corrected chi connectivity index (χ1v) is 24.5. The second kappa shape index (κ2) is 17.1. The summed E-state index contributed by atoms with van der Waals surface area (Å²) in [5.74, 6) is 0. The normalized spacial score (nSPS) is 12.6. The predicted octanol–water partition coefficient (Wildman–Crippen LogP) is 18.4. The monoisotopic (exact) mass is 886 g/mol. The molecule has 0 saturated carbocycles. The molecular weight excluding hydrogens is 833 g/mol. The number of aromatic nitrogens is 1. The first kappa shape index (κ1) is 42.2. The number of rotatable bonds is 10. The fourth-order valence-corrected chi connectivity index (χ4v) is 11.2. The Morgan fingerprint density at radius 3 is 1.70 bits per heavy atom. The van der Waals surface area contributed by atoms with E-state index in [-0.39, 0.29) is 5.41 Å². The number of fused-ring (bicyclic) bond motifs is 6. The van der Waals surface area contributed by atoms with E-state index >= 15 is 0 Å². The molecule has 10 aromatic carbocycles. The summed E-state index contributed by atoms with van der Waals surface area (Å²) in [6.45, 7) is 9.25. The maximum Gasteiger partial charge on any atom is 0.0544 e. The Morgan fingerprint density at radius 1 is 0.348 bits per heavy atom. The average Bonchev–Trinajstić information content (AvgIpc) is 3.85. The summed E-state index contributed by atoms with van der Waals surface area (Å²) in [6, 6.07) is 85.4. The van der Waals surface area contributed by atoms with Crippen LogP contribution in [0.4, 0.5) is 17.1 Å². The summed E-state index contributed by atoms with van der Waals surface area (Å²) >= 11 is 0. The average molecular weight is 887 g/mol. The molecule has 0 spiro atoms.